The van der Waals surface area contributed by atoms with E-state index in [9.17, 15) is 13.6 Å². The van der Waals surface area contributed by atoms with Crippen molar-refractivity contribution >= 4 is 18.3 Å². The summed E-state index contributed by atoms with van der Waals surface area (Å²) in [6.07, 6.45) is 4.97. The lowest BCUT2D eigenvalue weighted by atomic mass is 9.88. The van der Waals surface area contributed by atoms with Crippen molar-refractivity contribution in [3.63, 3.8) is 0 Å². The van der Waals surface area contributed by atoms with E-state index in [1.807, 2.05) is 0 Å². The molecule has 27 heavy (non-hydrogen) atoms. The van der Waals surface area contributed by atoms with Gasteiger partial charge < -0.3 is 10.2 Å². The minimum absolute atomic E-state index is 0. The molecule has 3 fully saturated rings. The van der Waals surface area contributed by atoms with E-state index >= 15 is 0 Å². The maximum absolute atomic E-state index is 14.2. The first-order valence-electron chi connectivity index (χ1n) is 9.59. The van der Waals surface area contributed by atoms with E-state index in [1.165, 1.54) is 6.07 Å². The number of fused-ring (bicyclic) bond motifs is 1. The molecular formula is C19H27ClF2N4O. The molecule has 2 aliphatic heterocycles. The van der Waals surface area contributed by atoms with Crippen LogP contribution >= 0.6 is 12.4 Å². The van der Waals surface area contributed by atoms with E-state index in [0.29, 0.717) is 0 Å². The molecule has 1 aromatic carbocycles. The number of hydrogen-bond acceptors (Lipinski definition) is 4. The number of rotatable bonds is 4. The predicted molar refractivity (Wildman–Crippen MR) is 101 cm³/mol. The SMILES string of the molecule is Cl.O=C(C1NNC2CCNCC21)N(Cc1cc(F)ccc1F)C1CCCC1. The third-order valence-corrected chi connectivity index (χ3v) is 6.04. The topological polar surface area (TPSA) is 56.4 Å². The van der Waals surface area contributed by atoms with Gasteiger partial charge in [0.2, 0.25) is 5.91 Å². The number of benzene rings is 1. The van der Waals surface area contributed by atoms with Crippen molar-refractivity contribution < 1.29 is 13.6 Å². The summed E-state index contributed by atoms with van der Waals surface area (Å²) in [5.41, 5.74) is 6.66. The van der Waals surface area contributed by atoms with Gasteiger partial charge in [-0.1, -0.05) is 12.8 Å². The summed E-state index contributed by atoms with van der Waals surface area (Å²) in [5, 5.41) is 3.36. The summed E-state index contributed by atoms with van der Waals surface area (Å²) in [4.78, 5) is 15.1. The van der Waals surface area contributed by atoms with Gasteiger partial charge in [-0.15, -0.1) is 12.4 Å². The minimum Gasteiger partial charge on any atom is -0.334 e. The molecule has 0 aromatic heterocycles. The molecule has 0 bridgehead atoms. The molecule has 2 heterocycles. The highest BCUT2D eigenvalue weighted by Crippen LogP contribution is 2.29. The highest BCUT2D eigenvalue weighted by atomic mass is 35.5. The number of carbonyl (C=O) groups excluding carboxylic acids is 1. The van der Waals surface area contributed by atoms with Crippen LogP contribution in [0.25, 0.3) is 0 Å². The number of hydrogen-bond donors (Lipinski definition) is 3. The Balaban J connectivity index is 0.00000210. The largest absolute Gasteiger partial charge is 0.334 e. The molecule has 1 aromatic rings. The number of piperidine rings is 1. The molecule has 1 aliphatic carbocycles. The smallest absolute Gasteiger partial charge is 0.242 e. The Morgan fingerprint density at radius 1 is 1.15 bits per heavy atom. The third kappa shape index (κ3) is 4.26. The highest BCUT2D eigenvalue weighted by Gasteiger charge is 2.44. The van der Waals surface area contributed by atoms with Gasteiger partial charge >= 0.3 is 0 Å². The molecule has 5 nitrogen and oxygen atoms in total. The minimum atomic E-state index is -0.475. The van der Waals surface area contributed by atoms with Crippen molar-refractivity contribution in [2.75, 3.05) is 13.1 Å². The second-order valence-electron chi connectivity index (χ2n) is 7.67. The summed E-state index contributed by atoms with van der Waals surface area (Å²) in [6, 6.07) is 3.50. The fourth-order valence-corrected chi connectivity index (χ4v) is 4.59. The van der Waals surface area contributed by atoms with Gasteiger partial charge in [0.05, 0.1) is 0 Å². The van der Waals surface area contributed by atoms with Crippen LogP contribution in [0.15, 0.2) is 18.2 Å². The van der Waals surface area contributed by atoms with E-state index in [2.05, 4.69) is 16.2 Å². The molecule has 8 heteroatoms. The first kappa shape index (κ1) is 20.5. The zero-order chi connectivity index (χ0) is 18.1. The first-order chi connectivity index (χ1) is 12.6. The number of hydrazine groups is 1. The van der Waals surface area contributed by atoms with Crippen molar-refractivity contribution in [2.24, 2.45) is 5.92 Å². The lowest BCUT2D eigenvalue weighted by molar-refractivity contribution is -0.137. The van der Waals surface area contributed by atoms with Crippen molar-refractivity contribution in [1.82, 2.24) is 21.1 Å². The molecular weight excluding hydrogens is 374 g/mol. The maximum Gasteiger partial charge on any atom is 0.242 e. The monoisotopic (exact) mass is 400 g/mol. The Hall–Kier alpha value is -1.28. The van der Waals surface area contributed by atoms with Gasteiger partial charge in [0.25, 0.3) is 0 Å². The van der Waals surface area contributed by atoms with E-state index in [-0.39, 0.29) is 54.5 Å². The lowest BCUT2D eigenvalue weighted by Crippen LogP contribution is -2.52. The van der Waals surface area contributed by atoms with Gasteiger partial charge in [0, 0.05) is 36.7 Å². The summed E-state index contributed by atoms with van der Waals surface area (Å²) in [5.74, 6) is -0.767. The van der Waals surface area contributed by atoms with E-state index < -0.39 is 11.6 Å². The van der Waals surface area contributed by atoms with Crippen molar-refractivity contribution in [2.45, 2.75) is 56.8 Å². The molecule has 3 unspecified atom stereocenters. The van der Waals surface area contributed by atoms with Crippen LogP contribution in [0.4, 0.5) is 8.78 Å². The Morgan fingerprint density at radius 3 is 2.70 bits per heavy atom. The van der Waals surface area contributed by atoms with Gasteiger partial charge in [0.1, 0.15) is 17.7 Å². The summed E-state index contributed by atoms with van der Waals surface area (Å²) >= 11 is 0. The molecule has 3 atom stereocenters. The number of halogens is 3. The van der Waals surface area contributed by atoms with Gasteiger partial charge in [-0.25, -0.2) is 14.2 Å². The number of nitrogens with zero attached hydrogens (tertiary/aromatic N) is 1. The van der Waals surface area contributed by atoms with Crippen LogP contribution in [-0.2, 0) is 11.3 Å². The summed E-state index contributed by atoms with van der Waals surface area (Å²) in [7, 11) is 0. The van der Waals surface area contributed by atoms with Gasteiger partial charge in [-0.2, -0.15) is 0 Å². The zero-order valence-corrected chi connectivity index (χ0v) is 16.0. The number of nitrogens with one attached hydrogen (secondary N) is 3. The van der Waals surface area contributed by atoms with Gasteiger partial charge in [-0.3, -0.25) is 10.2 Å². The molecule has 0 radical (unpaired) electrons. The molecule has 150 valence electrons. The van der Waals surface area contributed by atoms with E-state index in [4.69, 9.17) is 0 Å². The van der Waals surface area contributed by atoms with Crippen LogP contribution in [0, 0.1) is 17.6 Å². The van der Waals surface area contributed by atoms with Crippen LogP contribution < -0.4 is 16.2 Å². The van der Waals surface area contributed by atoms with Crippen LogP contribution in [0.5, 0.6) is 0 Å². The number of amides is 1. The van der Waals surface area contributed by atoms with Gasteiger partial charge in [-0.05, 0) is 44.0 Å². The van der Waals surface area contributed by atoms with Gasteiger partial charge in [0.15, 0.2) is 0 Å². The lowest BCUT2D eigenvalue weighted by Gasteiger charge is -2.34. The summed E-state index contributed by atoms with van der Waals surface area (Å²) in [6.45, 7) is 1.85. The molecule has 1 saturated carbocycles. The average molecular weight is 401 g/mol. The highest BCUT2D eigenvalue weighted by molar-refractivity contribution is 5.85. The molecule has 3 aliphatic rings. The van der Waals surface area contributed by atoms with Crippen LogP contribution in [-0.4, -0.2) is 42.0 Å². The molecule has 4 rings (SSSR count). The fourth-order valence-electron chi connectivity index (χ4n) is 4.59. The van der Waals surface area contributed by atoms with Crippen LogP contribution in [0.2, 0.25) is 0 Å². The zero-order valence-electron chi connectivity index (χ0n) is 15.2. The van der Waals surface area contributed by atoms with E-state index in [0.717, 1.165) is 57.3 Å². The third-order valence-electron chi connectivity index (χ3n) is 6.04. The molecule has 3 N–H and O–H groups in total. The Kier molecular flexibility index (Phi) is 6.68. The summed E-state index contributed by atoms with van der Waals surface area (Å²) < 4.78 is 27.8. The van der Waals surface area contributed by atoms with Crippen molar-refractivity contribution in [3.05, 3.63) is 35.4 Å². The standard InChI is InChI=1S/C19H26F2N4O.ClH/c20-13-5-6-16(21)12(9-13)11-25(14-3-1-2-4-14)19(26)18-15-10-22-8-7-17(15)23-24-18;/h5-6,9,14-15,17-18,22-24H,1-4,7-8,10-11H2;1H. The Bertz CT molecular complexity index is 671. The molecule has 0 spiro atoms. The second kappa shape index (κ2) is 8.82. The average Bonchev–Trinajstić information content (AvgIpc) is 3.31. The van der Waals surface area contributed by atoms with E-state index in [1.54, 1.807) is 4.90 Å². The quantitative estimate of drug-likeness (QED) is 0.724. The first-order valence-corrected chi connectivity index (χ1v) is 9.59. The van der Waals surface area contributed by atoms with Crippen LogP contribution in [0.1, 0.15) is 37.7 Å². The Morgan fingerprint density at radius 2 is 1.93 bits per heavy atom. The predicted octanol–water partition coefficient (Wildman–Crippen LogP) is 2.11. The van der Waals surface area contributed by atoms with Crippen LogP contribution in [0.3, 0.4) is 0 Å². The number of carbonyl (C=O) groups is 1. The molecule has 1 amide bonds. The normalized spacial score (nSPS) is 27.9. The van der Waals surface area contributed by atoms with Crippen molar-refractivity contribution in [3.8, 4) is 0 Å². The fraction of sp³-hybridized carbons (Fsp3) is 0.632. The Labute approximate surface area is 164 Å². The second-order valence-corrected chi connectivity index (χ2v) is 7.67. The van der Waals surface area contributed by atoms with Crippen molar-refractivity contribution in [1.29, 1.82) is 0 Å². The molecule has 2 saturated heterocycles. The maximum atomic E-state index is 14.2.